The lowest BCUT2D eigenvalue weighted by Gasteiger charge is -2.23. The van der Waals surface area contributed by atoms with Crippen molar-refractivity contribution in [1.82, 2.24) is 0 Å². The van der Waals surface area contributed by atoms with E-state index in [1.54, 1.807) is 12.1 Å². The van der Waals surface area contributed by atoms with Gasteiger partial charge in [0.05, 0.1) is 0 Å². The summed E-state index contributed by atoms with van der Waals surface area (Å²) in [6.45, 7) is 1.94. The zero-order chi connectivity index (χ0) is 10.3. The third-order valence-corrected chi connectivity index (χ3v) is 2.37. The van der Waals surface area contributed by atoms with Gasteiger partial charge in [0.25, 0.3) is 0 Å². The fourth-order valence-corrected chi connectivity index (χ4v) is 1.47. The van der Waals surface area contributed by atoms with Gasteiger partial charge in [0.2, 0.25) is 5.78 Å². The van der Waals surface area contributed by atoms with Gasteiger partial charge in [-0.2, -0.15) is 0 Å². The van der Waals surface area contributed by atoms with E-state index in [0.29, 0.717) is 11.1 Å². The quantitative estimate of drug-likeness (QED) is 0.699. The third kappa shape index (κ3) is 1.14. The molecule has 0 amide bonds. The van der Waals surface area contributed by atoms with Crippen LogP contribution in [0.5, 0.6) is 0 Å². The van der Waals surface area contributed by atoms with Crippen molar-refractivity contribution in [2.24, 2.45) is 0 Å². The fraction of sp³-hybridized carbons (Fsp3) is 0.182. The smallest absolute Gasteiger partial charge is 0.230 e. The van der Waals surface area contributed by atoms with Crippen LogP contribution in [0.2, 0.25) is 0 Å². The minimum atomic E-state index is -1.15. The van der Waals surface area contributed by atoms with Gasteiger partial charge in [-0.25, -0.2) is 0 Å². The number of ketones is 1. The van der Waals surface area contributed by atoms with Crippen LogP contribution in [0.3, 0.4) is 0 Å². The van der Waals surface area contributed by atoms with Crippen LogP contribution in [-0.2, 0) is 4.79 Å². The van der Waals surface area contributed by atoms with Crippen molar-refractivity contribution in [1.29, 1.82) is 0 Å². The van der Waals surface area contributed by atoms with Crippen molar-refractivity contribution < 1.29 is 15.0 Å². The summed E-state index contributed by atoms with van der Waals surface area (Å²) >= 11 is 0. The lowest BCUT2D eigenvalue weighted by molar-refractivity contribution is -0.125. The molecular weight excluding hydrogens is 180 g/mol. The Bertz CT molecular complexity index is 415. The van der Waals surface area contributed by atoms with Gasteiger partial charge in [-0.05, 0) is 12.5 Å². The molecule has 0 saturated carbocycles. The molecule has 1 unspecified atom stereocenters. The number of carbonyl (C=O) groups excluding carboxylic acids is 1. The average Bonchev–Trinajstić information content (AvgIpc) is 2.21. The minimum absolute atomic E-state index is 0.318. The molecule has 1 aliphatic rings. The van der Waals surface area contributed by atoms with Crippen LogP contribution in [0, 0.1) is 6.92 Å². The molecule has 2 rings (SSSR count). The van der Waals surface area contributed by atoms with E-state index in [-0.39, 0.29) is 5.76 Å². The molecule has 0 aromatic heterocycles. The standard InChI is InChI=1S/C11H10O3/c1-6-2-4-7(5-3-6)8-9(12)11(14)10(8)13/h2-5,9,12-13H,1H3. The van der Waals surface area contributed by atoms with Gasteiger partial charge >= 0.3 is 0 Å². The molecule has 0 heterocycles. The van der Waals surface area contributed by atoms with Gasteiger partial charge < -0.3 is 10.2 Å². The highest BCUT2D eigenvalue weighted by molar-refractivity contribution is 6.19. The molecule has 1 aromatic carbocycles. The van der Waals surface area contributed by atoms with E-state index >= 15 is 0 Å². The lowest BCUT2D eigenvalue weighted by atomic mass is 9.85. The predicted octanol–water partition coefficient (Wildman–Crippen LogP) is 1.21. The first-order chi connectivity index (χ1) is 6.61. The van der Waals surface area contributed by atoms with Crippen molar-refractivity contribution in [2.45, 2.75) is 13.0 Å². The van der Waals surface area contributed by atoms with Crippen molar-refractivity contribution in [2.75, 3.05) is 0 Å². The van der Waals surface area contributed by atoms with Gasteiger partial charge in [0.1, 0.15) is 6.10 Å². The normalized spacial score (nSPS) is 21.0. The number of benzene rings is 1. The molecule has 0 bridgehead atoms. The number of aryl methyl sites for hydroxylation is 1. The summed E-state index contributed by atoms with van der Waals surface area (Å²) in [5.41, 5.74) is 2.11. The topological polar surface area (TPSA) is 57.5 Å². The summed E-state index contributed by atoms with van der Waals surface area (Å²) < 4.78 is 0. The predicted molar refractivity (Wildman–Crippen MR) is 51.7 cm³/mol. The highest BCUT2D eigenvalue weighted by atomic mass is 16.3. The molecule has 3 nitrogen and oxygen atoms in total. The average molecular weight is 190 g/mol. The molecule has 0 saturated heterocycles. The minimum Gasteiger partial charge on any atom is -0.504 e. The fourth-order valence-electron chi connectivity index (χ4n) is 1.47. The Labute approximate surface area is 81.3 Å². The van der Waals surface area contributed by atoms with E-state index in [0.717, 1.165) is 5.56 Å². The highest BCUT2D eigenvalue weighted by Crippen LogP contribution is 2.31. The lowest BCUT2D eigenvalue weighted by Crippen LogP contribution is -2.35. The Morgan fingerprint density at radius 1 is 1.21 bits per heavy atom. The SMILES string of the molecule is Cc1ccc(C2=C(O)C(=O)C2O)cc1. The summed E-state index contributed by atoms with van der Waals surface area (Å²) in [7, 11) is 0. The molecule has 0 aliphatic heterocycles. The van der Waals surface area contributed by atoms with Crippen LogP contribution in [0.15, 0.2) is 30.0 Å². The molecule has 1 aliphatic carbocycles. The maximum Gasteiger partial charge on any atom is 0.230 e. The van der Waals surface area contributed by atoms with Crippen LogP contribution < -0.4 is 0 Å². The molecule has 3 heteroatoms. The van der Waals surface area contributed by atoms with E-state index in [2.05, 4.69) is 0 Å². The Hall–Kier alpha value is -1.61. The zero-order valence-electron chi connectivity index (χ0n) is 7.69. The van der Waals surface area contributed by atoms with E-state index in [9.17, 15) is 15.0 Å². The summed E-state index contributed by atoms with van der Waals surface area (Å²) in [5.74, 6) is -0.915. The van der Waals surface area contributed by atoms with E-state index in [1.165, 1.54) is 0 Å². The Morgan fingerprint density at radius 2 is 1.79 bits per heavy atom. The molecule has 72 valence electrons. The van der Waals surface area contributed by atoms with E-state index in [1.807, 2.05) is 19.1 Å². The Morgan fingerprint density at radius 3 is 2.29 bits per heavy atom. The number of carbonyl (C=O) groups is 1. The monoisotopic (exact) mass is 190 g/mol. The van der Waals surface area contributed by atoms with Crippen LogP contribution in [0.25, 0.3) is 5.57 Å². The van der Waals surface area contributed by atoms with E-state index < -0.39 is 11.9 Å². The van der Waals surface area contributed by atoms with Gasteiger partial charge in [-0.1, -0.05) is 29.8 Å². The summed E-state index contributed by atoms with van der Waals surface area (Å²) in [6, 6.07) is 7.28. The maximum absolute atomic E-state index is 10.9. The number of aliphatic hydroxyl groups excluding tert-OH is 2. The van der Waals surface area contributed by atoms with Crippen molar-refractivity contribution in [3.8, 4) is 0 Å². The first-order valence-electron chi connectivity index (χ1n) is 4.33. The van der Waals surface area contributed by atoms with Gasteiger partial charge in [-0.3, -0.25) is 4.79 Å². The first-order valence-corrected chi connectivity index (χ1v) is 4.33. The number of Topliss-reactive ketones (excluding diaryl/α,β-unsaturated/α-hetero) is 1. The molecule has 2 N–H and O–H groups in total. The van der Waals surface area contributed by atoms with Gasteiger partial charge in [0.15, 0.2) is 5.76 Å². The second kappa shape index (κ2) is 2.96. The van der Waals surface area contributed by atoms with Gasteiger partial charge in [-0.15, -0.1) is 0 Å². The molecule has 0 fully saturated rings. The number of rotatable bonds is 1. The first kappa shape index (κ1) is 8.97. The van der Waals surface area contributed by atoms with Crippen molar-refractivity contribution in [3.63, 3.8) is 0 Å². The number of hydrogen-bond donors (Lipinski definition) is 2. The highest BCUT2D eigenvalue weighted by Gasteiger charge is 2.38. The summed E-state index contributed by atoms with van der Waals surface area (Å²) in [6.07, 6.45) is -1.15. The van der Waals surface area contributed by atoms with Crippen LogP contribution >= 0.6 is 0 Å². The second-order valence-corrected chi connectivity index (χ2v) is 3.40. The van der Waals surface area contributed by atoms with Crippen LogP contribution in [0.1, 0.15) is 11.1 Å². The molecule has 0 radical (unpaired) electrons. The summed E-state index contributed by atoms with van der Waals surface area (Å²) in [5, 5.41) is 18.5. The zero-order valence-corrected chi connectivity index (χ0v) is 7.69. The molecule has 0 spiro atoms. The summed E-state index contributed by atoms with van der Waals surface area (Å²) in [4.78, 5) is 10.9. The molecular formula is C11H10O3. The van der Waals surface area contributed by atoms with Crippen molar-refractivity contribution >= 4 is 11.4 Å². The number of aliphatic hydroxyl groups is 2. The van der Waals surface area contributed by atoms with Gasteiger partial charge in [0, 0.05) is 5.57 Å². The second-order valence-electron chi connectivity index (χ2n) is 3.40. The van der Waals surface area contributed by atoms with Crippen LogP contribution in [0.4, 0.5) is 0 Å². The van der Waals surface area contributed by atoms with E-state index in [4.69, 9.17) is 0 Å². The third-order valence-electron chi connectivity index (χ3n) is 2.37. The number of hydrogen-bond acceptors (Lipinski definition) is 3. The van der Waals surface area contributed by atoms with Crippen LogP contribution in [-0.4, -0.2) is 22.1 Å². The van der Waals surface area contributed by atoms with Crippen molar-refractivity contribution in [3.05, 3.63) is 41.2 Å². The molecule has 14 heavy (non-hydrogen) atoms. The Kier molecular flexibility index (Phi) is 1.89. The Balaban J connectivity index is 2.43. The maximum atomic E-state index is 10.9. The molecule has 1 atom stereocenters. The largest absolute Gasteiger partial charge is 0.504 e. The molecule has 1 aromatic rings.